The van der Waals surface area contributed by atoms with Gasteiger partial charge < -0.3 is 44.1 Å². The van der Waals surface area contributed by atoms with Gasteiger partial charge in [-0.2, -0.15) is 0 Å². The number of ether oxygens (including phenoxy) is 4. The fraction of sp³-hybridized carbons (Fsp3) is 0.182. The van der Waals surface area contributed by atoms with Crippen molar-refractivity contribution in [3.05, 3.63) is 146 Å². The topological polar surface area (TPSA) is 118 Å². The molecule has 0 spiro atoms. The van der Waals surface area contributed by atoms with Crippen LogP contribution in [-0.2, 0) is 21.8 Å². The molecule has 6 rings (SSSR count). The Morgan fingerprint density at radius 3 is 0.710 bits per heavy atom. The summed E-state index contributed by atoms with van der Waals surface area (Å²) in [6.07, 6.45) is 0. The average molecular weight is 1030 g/mol. The van der Waals surface area contributed by atoms with E-state index in [4.69, 9.17) is 39.4 Å². The van der Waals surface area contributed by atoms with Gasteiger partial charge in [-0.05, 0) is 146 Å². The van der Waals surface area contributed by atoms with Crippen LogP contribution >= 0.6 is 11.8 Å². The van der Waals surface area contributed by atoms with Crippen molar-refractivity contribution in [3.8, 4) is 23.0 Å². The molecule has 0 atom stereocenters. The molecule has 0 bridgehead atoms. The number of halogens is 6. The third kappa shape index (κ3) is 16.8. The molecule has 0 aliphatic heterocycles. The second-order valence-corrected chi connectivity index (χ2v) is 21.3. The summed E-state index contributed by atoms with van der Waals surface area (Å²) in [6, 6.07) is 49.5. The van der Waals surface area contributed by atoms with Gasteiger partial charge in [0.05, 0.1) is 48.2 Å². The van der Waals surface area contributed by atoms with Crippen LogP contribution in [0.15, 0.2) is 185 Å². The van der Waals surface area contributed by atoms with Crippen molar-refractivity contribution < 1.29 is 58.1 Å². The van der Waals surface area contributed by atoms with E-state index in [1.165, 1.54) is 0 Å². The van der Waals surface area contributed by atoms with Crippen molar-refractivity contribution in [2.75, 3.05) is 52.9 Å². The Bertz CT molecular complexity index is 1930. The second kappa shape index (κ2) is 24.6. The Morgan fingerprint density at radius 2 is 0.532 bits per heavy atom. The van der Waals surface area contributed by atoms with Crippen LogP contribution in [0, 0.1) is 0 Å². The van der Waals surface area contributed by atoms with Gasteiger partial charge >= 0.3 is 34.4 Å². The van der Waals surface area contributed by atoms with E-state index in [0.29, 0.717) is 23.0 Å². The van der Waals surface area contributed by atoms with Crippen LogP contribution in [0.5, 0.6) is 23.0 Å². The number of aliphatic hydroxyl groups excluding tert-OH is 4. The third-order valence-electron chi connectivity index (χ3n) is 8.03. The predicted molar refractivity (Wildman–Crippen MR) is 229 cm³/mol. The van der Waals surface area contributed by atoms with Crippen molar-refractivity contribution in [2.45, 2.75) is 39.2 Å². The molecule has 0 unspecified atom stereocenters. The van der Waals surface area contributed by atoms with Gasteiger partial charge in [-0.15, -0.1) is 0 Å². The minimum absolute atomic E-state index is 0. The van der Waals surface area contributed by atoms with Gasteiger partial charge in [0.25, 0.3) is 0 Å². The summed E-state index contributed by atoms with van der Waals surface area (Å²) in [4.78, 5) is 9.10. The van der Waals surface area contributed by atoms with E-state index in [0.717, 1.165) is 39.2 Å². The predicted octanol–water partition coefficient (Wildman–Crippen LogP) is 6.24. The van der Waals surface area contributed by atoms with Gasteiger partial charge in [-0.25, -0.2) is 0 Å². The van der Waals surface area contributed by atoms with Crippen LogP contribution in [0.3, 0.4) is 0 Å². The van der Waals surface area contributed by atoms with E-state index in [-0.39, 0.29) is 57.6 Å². The first kappa shape index (κ1) is 50.5. The molecule has 8 nitrogen and oxygen atoms in total. The Morgan fingerprint density at radius 1 is 0.355 bits per heavy atom. The maximum atomic E-state index is 9.91. The first-order valence-corrected chi connectivity index (χ1v) is 26.7. The average Bonchev–Trinajstić information content (AvgIpc) is 3.26. The van der Waals surface area contributed by atoms with E-state index >= 15 is 0 Å². The van der Waals surface area contributed by atoms with E-state index in [1.807, 2.05) is 48.5 Å². The molecule has 0 saturated carbocycles. The molecule has 0 radical (unpaired) electrons. The van der Waals surface area contributed by atoms with Crippen molar-refractivity contribution in [3.63, 3.8) is 0 Å². The molecule has 0 fully saturated rings. The monoisotopic (exact) mass is 1030 g/mol. The van der Waals surface area contributed by atoms with Crippen molar-refractivity contribution in [1.29, 1.82) is 0 Å². The molecule has 6 aromatic rings. The molecular weight excluding hydrogens is 988 g/mol. The summed E-state index contributed by atoms with van der Waals surface area (Å²) in [6.45, 7) is 0.825. The zero-order chi connectivity index (χ0) is 43.7. The second-order valence-electron chi connectivity index (χ2n) is 12.5. The third-order valence-corrected chi connectivity index (χ3v) is 13.5. The van der Waals surface area contributed by atoms with Crippen molar-refractivity contribution in [1.82, 2.24) is 0 Å². The summed E-state index contributed by atoms with van der Waals surface area (Å²) in [5.74, 6) is 2.84. The van der Waals surface area contributed by atoms with Gasteiger partial charge in [-0.1, -0.05) is 11.8 Å². The fourth-order valence-electron chi connectivity index (χ4n) is 5.58. The maximum absolute atomic E-state index is 9.91. The Kier molecular flexibility index (Phi) is 20.0. The van der Waals surface area contributed by atoms with Crippen molar-refractivity contribution in [2.24, 2.45) is 0 Å². The van der Waals surface area contributed by atoms with Crippen LogP contribution in [0.1, 0.15) is 0 Å². The van der Waals surface area contributed by atoms with Gasteiger partial charge in [0.2, 0.25) is 0 Å². The molecule has 0 amide bonds. The van der Waals surface area contributed by atoms with Crippen LogP contribution in [0.25, 0.3) is 0 Å². The van der Waals surface area contributed by atoms with Gasteiger partial charge in [0.15, 0.2) is 29.4 Å². The molecule has 0 heterocycles. The Labute approximate surface area is 370 Å². The van der Waals surface area contributed by atoms with Crippen LogP contribution in [0.4, 0.5) is 14.1 Å². The van der Waals surface area contributed by atoms with Crippen molar-refractivity contribution >= 4 is 53.9 Å². The van der Waals surface area contributed by atoms with E-state index < -0.39 is 42.1 Å². The summed E-state index contributed by atoms with van der Waals surface area (Å²) in [5.41, 5.74) is 0. The molecule has 62 heavy (non-hydrogen) atoms. The van der Waals surface area contributed by atoms with Crippen LogP contribution in [-0.4, -0.2) is 93.6 Å². The number of aliphatic hydroxyl groups is 4. The zero-order valence-corrected chi connectivity index (χ0v) is 37.9. The summed E-state index contributed by atoms with van der Waals surface area (Å²) < 4.78 is 72.0. The Balaban J connectivity index is 0.00000113. The fourth-order valence-corrected chi connectivity index (χ4v) is 10.5. The molecule has 4 N–H and O–H groups in total. The first-order chi connectivity index (χ1) is 29.3. The molecule has 332 valence electrons. The molecule has 0 aliphatic carbocycles. The molecule has 0 aliphatic rings. The summed E-state index contributed by atoms with van der Waals surface area (Å²) >= 11 is -7.48. The van der Waals surface area contributed by atoms with E-state index in [9.17, 15) is 14.1 Å². The van der Waals surface area contributed by atoms with E-state index in [2.05, 4.69) is 97.1 Å². The quantitative estimate of drug-likeness (QED) is 0.0401. The number of rotatable bonds is 20. The normalized spacial score (nSPS) is 11.8. The number of benzene rings is 6. The summed E-state index contributed by atoms with van der Waals surface area (Å²) in [5, 5.41) is 36.7. The number of hydrogen-bond donors (Lipinski definition) is 4. The van der Waals surface area contributed by atoms with Crippen LogP contribution in [0.2, 0.25) is 0 Å². The van der Waals surface area contributed by atoms with Crippen LogP contribution < -0.4 is 23.7 Å². The molecule has 0 aromatic heterocycles. The van der Waals surface area contributed by atoms with Gasteiger partial charge in [0, 0.05) is 9.79 Å². The summed E-state index contributed by atoms with van der Waals surface area (Å²) in [7, 11) is -0.811. The standard InChI is InChI=1S/C44H44O8S3.6FH.Sb/c45-25-29-49-33-1-13-39(14-2-33)54(40-15-3-34(4-16-40)50-30-26-46)43-21-9-37(10-22-43)53-38-11-23-44(24-12-38)55(41-17-5-35(6-18-41)51-31-27-47)42-19-7-36(8-20-42)52-32-28-48;;;;;;;/h1-24,45-48H,25-32H2;6*1H;/q+2;;;;;;;+5/p-6. The van der Waals surface area contributed by atoms with Gasteiger partial charge in [-0.3, -0.25) is 0 Å². The zero-order valence-electron chi connectivity index (χ0n) is 32.9. The Hall–Kier alpha value is -4.19. The molecule has 18 heteroatoms. The SMILES string of the molecule is OCCOc1ccc([S+](c2ccc(OCCO)cc2)c2ccc(Sc3ccc([S+](c4ccc(OCCO)cc4)c4ccc(OCCO)cc4)cc3)cc2)cc1.[F-].[F][Sb]([F])([F])([F])[F]. The molecule has 6 aromatic carbocycles. The minimum atomic E-state index is -9.19. The molecule has 0 saturated heterocycles. The number of hydrogen-bond acceptors (Lipinski definition) is 9. The molecular formula is C44H44F6O8S3Sb+. The van der Waals surface area contributed by atoms with Gasteiger partial charge in [0.1, 0.15) is 49.4 Å². The van der Waals surface area contributed by atoms with E-state index in [1.54, 1.807) is 11.8 Å². The first-order valence-electron chi connectivity index (χ1n) is 18.6.